The van der Waals surface area contributed by atoms with Crippen molar-refractivity contribution >= 4 is 0 Å². The quantitative estimate of drug-likeness (QED) is 0.785. The summed E-state index contributed by atoms with van der Waals surface area (Å²) < 4.78 is 35.1. The summed E-state index contributed by atoms with van der Waals surface area (Å²) in [4.78, 5) is 1.49. The first-order valence-electron chi connectivity index (χ1n) is 5.93. The minimum absolute atomic E-state index is 0.153. The van der Waals surface area contributed by atoms with Crippen molar-refractivity contribution in [2.75, 3.05) is 33.9 Å². The van der Waals surface area contributed by atoms with Crippen LogP contribution >= 0.6 is 0 Å². The fourth-order valence-corrected chi connectivity index (χ4v) is 1.81. The van der Waals surface area contributed by atoms with Crippen LogP contribution in [-0.4, -0.2) is 50.3 Å². The van der Waals surface area contributed by atoms with Crippen molar-refractivity contribution in [3.05, 3.63) is 23.8 Å². The average molecular weight is 275 g/mol. The largest absolute Gasteiger partial charge is 0.493 e. The Kier molecular flexibility index (Phi) is 6.52. The fraction of sp³-hybridized carbons (Fsp3) is 0.538. The molecule has 0 aromatic heterocycles. The lowest BCUT2D eigenvalue weighted by molar-refractivity contribution is 0.0746. The van der Waals surface area contributed by atoms with Crippen LogP contribution in [0.25, 0.3) is 0 Å². The molecular formula is C13H19F2NO3. The van der Waals surface area contributed by atoms with E-state index in [1.807, 2.05) is 0 Å². The van der Waals surface area contributed by atoms with Crippen LogP contribution < -0.4 is 9.47 Å². The highest BCUT2D eigenvalue weighted by Crippen LogP contribution is 2.28. The van der Waals surface area contributed by atoms with Gasteiger partial charge in [0, 0.05) is 13.1 Å². The van der Waals surface area contributed by atoms with Gasteiger partial charge in [0.25, 0.3) is 6.43 Å². The molecule has 0 saturated carbocycles. The predicted molar refractivity (Wildman–Crippen MR) is 67.9 cm³/mol. The van der Waals surface area contributed by atoms with E-state index in [9.17, 15) is 8.78 Å². The minimum Gasteiger partial charge on any atom is -0.493 e. The van der Waals surface area contributed by atoms with Crippen molar-refractivity contribution in [1.82, 2.24) is 4.90 Å². The van der Waals surface area contributed by atoms with Gasteiger partial charge in [-0.1, -0.05) is 6.07 Å². The zero-order chi connectivity index (χ0) is 14.3. The van der Waals surface area contributed by atoms with Crippen LogP contribution in [0.2, 0.25) is 0 Å². The van der Waals surface area contributed by atoms with Gasteiger partial charge in [-0.15, -0.1) is 0 Å². The van der Waals surface area contributed by atoms with Gasteiger partial charge >= 0.3 is 0 Å². The molecule has 0 aliphatic rings. The normalized spacial score (nSPS) is 11.1. The molecule has 4 nitrogen and oxygen atoms in total. The van der Waals surface area contributed by atoms with E-state index in [4.69, 9.17) is 14.6 Å². The van der Waals surface area contributed by atoms with Crippen molar-refractivity contribution < 1.29 is 23.4 Å². The molecule has 1 aromatic rings. The maximum absolute atomic E-state index is 12.4. The maximum Gasteiger partial charge on any atom is 0.251 e. The van der Waals surface area contributed by atoms with Crippen molar-refractivity contribution in [2.45, 2.75) is 13.0 Å². The molecule has 0 unspecified atom stereocenters. The third-order valence-corrected chi connectivity index (χ3v) is 2.67. The Morgan fingerprint density at radius 2 is 1.89 bits per heavy atom. The van der Waals surface area contributed by atoms with Gasteiger partial charge in [0.05, 0.1) is 27.4 Å². The highest BCUT2D eigenvalue weighted by atomic mass is 19.3. The van der Waals surface area contributed by atoms with E-state index in [1.54, 1.807) is 18.2 Å². The van der Waals surface area contributed by atoms with E-state index in [-0.39, 0.29) is 19.7 Å². The van der Waals surface area contributed by atoms with Crippen LogP contribution in [0.4, 0.5) is 8.78 Å². The number of halogens is 2. The second-order valence-corrected chi connectivity index (χ2v) is 4.04. The first kappa shape index (κ1) is 15.7. The van der Waals surface area contributed by atoms with Gasteiger partial charge in [0.2, 0.25) is 0 Å². The third kappa shape index (κ3) is 5.00. The summed E-state index contributed by atoms with van der Waals surface area (Å²) in [6.45, 7) is 0.0128. The molecule has 0 aliphatic heterocycles. The zero-order valence-electron chi connectivity index (χ0n) is 11.1. The second-order valence-electron chi connectivity index (χ2n) is 4.04. The fourth-order valence-electron chi connectivity index (χ4n) is 1.81. The van der Waals surface area contributed by atoms with Gasteiger partial charge in [-0.25, -0.2) is 8.78 Å². The highest BCUT2D eigenvalue weighted by molar-refractivity contribution is 5.42. The van der Waals surface area contributed by atoms with Crippen LogP contribution in [0.3, 0.4) is 0 Å². The standard InChI is InChI=1S/C13H19F2NO3/c1-18-11-4-3-10(7-12(11)19-2)8-16(5-6-17)9-13(14)15/h3-4,7,13,17H,5-6,8-9H2,1-2H3. The van der Waals surface area contributed by atoms with Crippen LogP contribution in [0, 0.1) is 0 Å². The van der Waals surface area contributed by atoms with Gasteiger partial charge in [0.1, 0.15) is 0 Å². The molecule has 19 heavy (non-hydrogen) atoms. The summed E-state index contributed by atoms with van der Waals surface area (Å²) in [5, 5.41) is 8.88. The summed E-state index contributed by atoms with van der Waals surface area (Å²) in [6.07, 6.45) is -2.42. The summed E-state index contributed by atoms with van der Waals surface area (Å²) in [6, 6.07) is 5.26. The van der Waals surface area contributed by atoms with Crippen molar-refractivity contribution in [1.29, 1.82) is 0 Å². The Labute approximate surface area is 111 Å². The molecule has 108 valence electrons. The lowest BCUT2D eigenvalue weighted by Gasteiger charge is -2.21. The first-order chi connectivity index (χ1) is 9.10. The SMILES string of the molecule is COc1ccc(CN(CCO)CC(F)F)cc1OC. The molecule has 0 bridgehead atoms. The number of aliphatic hydroxyl groups is 1. The number of benzene rings is 1. The number of ether oxygens (including phenoxy) is 2. The number of nitrogens with zero attached hydrogens (tertiary/aromatic N) is 1. The van der Waals surface area contributed by atoms with E-state index in [0.717, 1.165) is 5.56 Å². The van der Waals surface area contributed by atoms with E-state index in [1.165, 1.54) is 19.1 Å². The summed E-state index contributed by atoms with van der Waals surface area (Å²) in [7, 11) is 3.05. The van der Waals surface area contributed by atoms with Gasteiger partial charge in [-0.3, -0.25) is 4.90 Å². The predicted octanol–water partition coefficient (Wildman–Crippen LogP) is 1.76. The summed E-state index contributed by atoms with van der Waals surface area (Å²) >= 11 is 0. The number of aliphatic hydroxyl groups excluding tert-OH is 1. The van der Waals surface area contributed by atoms with Crippen molar-refractivity contribution in [3.8, 4) is 11.5 Å². The Morgan fingerprint density at radius 1 is 1.21 bits per heavy atom. The molecular weight excluding hydrogens is 256 g/mol. The van der Waals surface area contributed by atoms with Crippen LogP contribution in [-0.2, 0) is 6.54 Å². The van der Waals surface area contributed by atoms with Crippen LogP contribution in [0.1, 0.15) is 5.56 Å². The molecule has 1 rings (SSSR count). The van der Waals surface area contributed by atoms with Gasteiger partial charge in [-0.05, 0) is 17.7 Å². The number of hydrogen-bond acceptors (Lipinski definition) is 4. The summed E-state index contributed by atoms with van der Waals surface area (Å²) in [5.74, 6) is 1.15. The molecule has 0 saturated heterocycles. The summed E-state index contributed by atoms with van der Waals surface area (Å²) in [5.41, 5.74) is 0.826. The average Bonchev–Trinajstić information content (AvgIpc) is 2.38. The number of alkyl halides is 2. The topological polar surface area (TPSA) is 41.9 Å². The second kappa shape index (κ2) is 7.91. The lowest BCUT2D eigenvalue weighted by Crippen LogP contribution is -2.31. The molecule has 1 aromatic carbocycles. The Balaban J connectivity index is 2.78. The van der Waals surface area contributed by atoms with E-state index < -0.39 is 6.43 Å². The highest BCUT2D eigenvalue weighted by Gasteiger charge is 2.13. The molecule has 0 aliphatic carbocycles. The smallest absolute Gasteiger partial charge is 0.251 e. The molecule has 0 atom stereocenters. The Morgan fingerprint density at radius 3 is 2.42 bits per heavy atom. The molecule has 1 N–H and O–H groups in total. The van der Waals surface area contributed by atoms with Gasteiger partial charge < -0.3 is 14.6 Å². The monoisotopic (exact) mass is 275 g/mol. The minimum atomic E-state index is -2.42. The third-order valence-electron chi connectivity index (χ3n) is 2.67. The van der Waals surface area contributed by atoms with Crippen LogP contribution in [0.5, 0.6) is 11.5 Å². The maximum atomic E-state index is 12.4. The van der Waals surface area contributed by atoms with E-state index in [2.05, 4.69) is 0 Å². The molecule has 0 radical (unpaired) electrons. The molecule has 6 heteroatoms. The van der Waals surface area contributed by atoms with Gasteiger partial charge in [0.15, 0.2) is 11.5 Å². The van der Waals surface area contributed by atoms with E-state index >= 15 is 0 Å². The van der Waals surface area contributed by atoms with Crippen LogP contribution in [0.15, 0.2) is 18.2 Å². The van der Waals surface area contributed by atoms with Crippen molar-refractivity contribution in [3.63, 3.8) is 0 Å². The van der Waals surface area contributed by atoms with Crippen molar-refractivity contribution in [2.24, 2.45) is 0 Å². The Bertz CT molecular complexity index is 388. The zero-order valence-corrected chi connectivity index (χ0v) is 11.1. The van der Waals surface area contributed by atoms with E-state index in [0.29, 0.717) is 18.0 Å². The molecule has 0 fully saturated rings. The lowest BCUT2D eigenvalue weighted by atomic mass is 10.2. The van der Waals surface area contributed by atoms with Gasteiger partial charge in [-0.2, -0.15) is 0 Å². The molecule has 0 amide bonds. The Hall–Kier alpha value is -1.40. The number of rotatable bonds is 8. The molecule has 0 spiro atoms. The first-order valence-corrected chi connectivity index (χ1v) is 5.93. The molecule has 0 heterocycles. The number of methoxy groups -OCH3 is 2. The number of hydrogen-bond donors (Lipinski definition) is 1.